The van der Waals surface area contributed by atoms with E-state index in [2.05, 4.69) is 10.4 Å². The van der Waals surface area contributed by atoms with E-state index in [0.29, 0.717) is 13.0 Å². The number of carboxylic acid groups (broad SMARTS) is 1. The van der Waals surface area contributed by atoms with Crippen LogP contribution in [0, 0.1) is 5.92 Å². The second-order valence-corrected chi connectivity index (χ2v) is 4.37. The summed E-state index contributed by atoms with van der Waals surface area (Å²) in [6.07, 6.45) is 0.695. The summed E-state index contributed by atoms with van der Waals surface area (Å²) in [6, 6.07) is 0. The van der Waals surface area contributed by atoms with E-state index in [0.717, 1.165) is 9.25 Å². The molecule has 0 fully saturated rings. The normalized spacial score (nSPS) is 12.2. The van der Waals surface area contributed by atoms with Crippen LogP contribution in [0.2, 0.25) is 0 Å². The minimum atomic E-state index is -0.880. The SMILES string of the molecule is CCC(CNc1nn(C)c(=O)n(C)c1=O)CC(=O)O. The Kier molecular flexibility index (Phi) is 4.85. The molecule has 0 saturated carbocycles. The van der Waals surface area contributed by atoms with Gasteiger partial charge in [-0.2, -0.15) is 0 Å². The third-order valence-corrected chi connectivity index (χ3v) is 2.92. The zero-order chi connectivity index (χ0) is 14.6. The maximum atomic E-state index is 11.8. The number of nitrogens with one attached hydrogen (secondary N) is 1. The molecule has 1 unspecified atom stereocenters. The van der Waals surface area contributed by atoms with Crippen molar-refractivity contribution in [2.75, 3.05) is 11.9 Å². The fourth-order valence-corrected chi connectivity index (χ4v) is 1.66. The number of aryl methyl sites for hydroxylation is 1. The Morgan fingerprint density at radius 2 is 2.05 bits per heavy atom. The second-order valence-electron chi connectivity index (χ2n) is 4.37. The van der Waals surface area contributed by atoms with Crippen LogP contribution in [0.4, 0.5) is 5.82 Å². The van der Waals surface area contributed by atoms with Gasteiger partial charge in [0, 0.05) is 27.1 Å². The van der Waals surface area contributed by atoms with Crippen LogP contribution in [0.5, 0.6) is 0 Å². The molecule has 0 aliphatic carbocycles. The number of nitrogens with zero attached hydrogens (tertiary/aromatic N) is 3. The Labute approximate surface area is 109 Å². The standard InChI is InChI=1S/C11H18N4O4/c1-4-7(5-8(16)17)6-12-9-10(18)14(2)11(19)15(3)13-9/h7H,4-6H2,1-3H3,(H,12,13)(H,16,17). The number of carbonyl (C=O) groups is 1. The first kappa shape index (κ1) is 14.9. The predicted molar refractivity (Wildman–Crippen MR) is 69.2 cm³/mol. The van der Waals surface area contributed by atoms with E-state index in [-0.39, 0.29) is 18.2 Å². The molecule has 1 aromatic rings. The van der Waals surface area contributed by atoms with E-state index >= 15 is 0 Å². The molecule has 1 atom stereocenters. The molecule has 0 aromatic carbocycles. The largest absolute Gasteiger partial charge is 0.481 e. The van der Waals surface area contributed by atoms with Crippen LogP contribution in [0.25, 0.3) is 0 Å². The second kappa shape index (κ2) is 6.17. The Morgan fingerprint density at radius 3 is 2.58 bits per heavy atom. The van der Waals surface area contributed by atoms with E-state index in [1.54, 1.807) is 0 Å². The van der Waals surface area contributed by atoms with Crippen molar-refractivity contribution in [2.24, 2.45) is 20.0 Å². The third-order valence-electron chi connectivity index (χ3n) is 2.92. The summed E-state index contributed by atoms with van der Waals surface area (Å²) < 4.78 is 2.01. The highest BCUT2D eigenvalue weighted by atomic mass is 16.4. The van der Waals surface area contributed by atoms with Gasteiger partial charge in [0.15, 0.2) is 0 Å². The number of aromatic nitrogens is 3. The molecule has 0 aliphatic heterocycles. The first-order chi connectivity index (χ1) is 8.86. The van der Waals surface area contributed by atoms with Crippen molar-refractivity contribution in [1.82, 2.24) is 14.3 Å². The third kappa shape index (κ3) is 3.67. The lowest BCUT2D eigenvalue weighted by Crippen LogP contribution is -2.40. The van der Waals surface area contributed by atoms with Crippen molar-refractivity contribution >= 4 is 11.8 Å². The van der Waals surface area contributed by atoms with Gasteiger partial charge in [-0.05, 0) is 5.92 Å². The van der Waals surface area contributed by atoms with Gasteiger partial charge in [-0.3, -0.25) is 14.2 Å². The number of hydrogen-bond acceptors (Lipinski definition) is 5. The maximum absolute atomic E-state index is 11.8. The average Bonchev–Trinajstić information content (AvgIpc) is 2.36. The number of rotatable bonds is 6. The highest BCUT2D eigenvalue weighted by molar-refractivity contribution is 5.67. The smallest absolute Gasteiger partial charge is 0.346 e. The summed E-state index contributed by atoms with van der Waals surface area (Å²) in [6.45, 7) is 2.20. The molecule has 8 heteroatoms. The molecule has 0 aliphatic rings. The molecule has 0 amide bonds. The van der Waals surface area contributed by atoms with Crippen LogP contribution in [-0.4, -0.2) is 32.0 Å². The molecular weight excluding hydrogens is 252 g/mol. The molecule has 0 radical (unpaired) electrons. The van der Waals surface area contributed by atoms with E-state index < -0.39 is 17.2 Å². The zero-order valence-electron chi connectivity index (χ0n) is 11.2. The van der Waals surface area contributed by atoms with Crippen molar-refractivity contribution in [1.29, 1.82) is 0 Å². The fraction of sp³-hybridized carbons (Fsp3) is 0.636. The predicted octanol–water partition coefficient (Wildman–Crippen LogP) is -0.608. The Hall–Kier alpha value is -2.12. The van der Waals surface area contributed by atoms with Gasteiger partial charge in [0.2, 0.25) is 5.82 Å². The first-order valence-corrected chi connectivity index (χ1v) is 5.96. The van der Waals surface area contributed by atoms with Crippen molar-refractivity contribution in [3.05, 3.63) is 20.8 Å². The van der Waals surface area contributed by atoms with Crippen LogP contribution in [-0.2, 0) is 18.9 Å². The highest BCUT2D eigenvalue weighted by Crippen LogP contribution is 2.08. The number of hydrogen-bond donors (Lipinski definition) is 2. The Morgan fingerprint density at radius 1 is 1.42 bits per heavy atom. The van der Waals surface area contributed by atoms with Crippen molar-refractivity contribution in [3.63, 3.8) is 0 Å². The lowest BCUT2D eigenvalue weighted by molar-refractivity contribution is -0.138. The molecule has 1 rings (SSSR count). The van der Waals surface area contributed by atoms with Gasteiger partial charge in [-0.1, -0.05) is 13.3 Å². The average molecular weight is 270 g/mol. The highest BCUT2D eigenvalue weighted by Gasteiger charge is 2.13. The van der Waals surface area contributed by atoms with E-state index in [1.165, 1.54) is 14.1 Å². The summed E-state index contributed by atoms with van der Waals surface area (Å²) in [4.78, 5) is 33.9. The number of aliphatic carboxylic acids is 1. The summed E-state index contributed by atoms with van der Waals surface area (Å²) >= 11 is 0. The van der Waals surface area contributed by atoms with Gasteiger partial charge < -0.3 is 10.4 Å². The topological polar surface area (TPSA) is 106 Å². The van der Waals surface area contributed by atoms with Crippen molar-refractivity contribution in [3.8, 4) is 0 Å². The number of anilines is 1. The summed E-state index contributed by atoms with van der Waals surface area (Å²) in [5.41, 5.74) is -1.03. The van der Waals surface area contributed by atoms with Crippen LogP contribution >= 0.6 is 0 Å². The maximum Gasteiger partial charge on any atom is 0.346 e. The van der Waals surface area contributed by atoms with Crippen molar-refractivity contribution in [2.45, 2.75) is 19.8 Å². The van der Waals surface area contributed by atoms with Gasteiger partial charge in [0.05, 0.1) is 0 Å². The van der Waals surface area contributed by atoms with Crippen LogP contribution in [0.15, 0.2) is 9.59 Å². The molecular formula is C11H18N4O4. The van der Waals surface area contributed by atoms with E-state index in [4.69, 9.17) is 5.11 Å². The zero-order valence-corrected chi connectivity index (χ0v) is 11.2. The molecule has 0 bridgehead atoms. The van der Waals surface area contributed by atoms with E-state index in [1.807, 2.05) is 6.92 Å². The van der Waals surface area contributed by atoms with Gasteiger partial charge in [0.25, 0.3) is 5.56 Å². The minimum Gasteiger partial charge on any atom is -0.481 e. The molecule has 106 valence electrons. The quantitative estimate of drug-likeness (QED) is 0.714. The van der Waals surface area contributed by atoms with Gasteiger partial charge in [-0.15, -0.1) is 5.10 Å². The van der Waals surface area contributed by atoms with Gasteiger partial charge in [0.1, 0.15) is 0 Å². The Balaban J connectivity index is 2.86. The molecule has 0 saturated heterocycles. The lowest BCUT2D eigenvalue weighted by atomic mass is 10.0. The molecule has 8 nitrogen and oxygen atoms in total. The summed E-state index contributed by atoms with van der Waals surface area (Å²) in [5, 5.41) is 15.4. The monoisotopic (exact) mass is 270 g/mol. The minimum absolute atomic E-state index is 0.0234. The fourth-order valence-electron chi connectivity index (χ4n) is 1.66. The lowest BCUT2D eigenvalue weighted by Gasteiger charge is -2.14. The molecule has 19 heavy (non-hydrogen) atoms. The molecule has 1 heterocycles. The summed E-state index contributed by atoms with van der Waals surface area (Å²) in [5.74, 6) is -0.926. The van der Waals surface area contributed by atoms with Gasteiger partial charge >= 0.3 is 11.7 Å². The van der Waals surface area contributed by atoms with Crippen LogP contribution in [0.3, 0.4) is 0 Å². The van der Waals surface area contributed by atoms with Crippen LogP contribution < -0.4 is 16.6 Å². The molecule has 2 N–H and O–H groups in total. The van der Waals surface area contributed by atoms with Crippen molar-refractivity contribution < 1.29 is 9.90 Å². The Bertz CT molecular complexity index is 575. The van der Waals surface area contributed by atoms with Gasteiger partial charge in [-0.25, -0.2) is 9.48 Å². The molecule has 0 spiro atoms. The van der Waals surface area contributed by atoms with E-state index in [9.17, 15) is 14.4 Å². The number of carboxylic acids is 1. The first-order valence-electron chi connectivity index (χ1n) is 5.96. The van der Waals surface area contributed by atoms with Crippen LogP contribution in [0.1, 0.15) is 19.8 Å². The molecule has 1 aromatic heterocycles. The summed E-state index contributed by atoms with van der Waals surface area (Å²) in [7, 11) is 2.81.